The lowest BCUT2D eigenvalue weighted by atomic mass is 10.4. The Morgan fingerprint density at radius 1 is 1.42 bits per heavy atom. The second-order valence-corrected chi connectivity index (χ2v) is 3.60. The number of nitrogens with one attached hydrogen (secondary N) is 1. The number of hydrogen-bond donors (Lipinski definition) is 1. The highest BCUT2D eigenvalue weighted by molar-refractivity contribution is 5.50. The molecule has 19 heavy (non-hydrogen) atoms. The van der Waals surface area contributed by atoms with E-state index < -0.39 is 4.92 Å². The number of aromatic nitrogens is 2. The van der Waals surface area contributed by atoms with Crippen molar-refractivity contribution in [2.24, 2.45) is 0 Å². The van der Waals surface area contributed by atoms with Gasteiger partial charge in [0.1, 0.15) is 11.6 Å². The summed E-state index contributed by atoms with van der Waals surface area (Å²) in [6.45, 7) is 2.57. The van der Waals surface area contributed by atoms with Crippen LogP contribution >= 0.6 is 0 Å². The third-order valence-corrected chi connectivity index (χ3v) is 2.24. The van der Waals surface area contributed by atoms with Gasteiger partial charge in [0, 0.05) is 18.8 Å². The molecule has 2 heterocycles. The second-order valence-electron chi connectivity index (χ2n) is 3.60. The van der Waals surface area contributed by atoms with E-state index in [-0.39, 0.29) is 11.6 Å². The lowest BCUT2D eigenvalue weighted by molar-refractivity contribution is -0.386. The molecule has 0 atom stereocenters. The largest absolute Gasteiger partial charge is 0.432 e. The van der Waals surface area contributed by atoms with E-state index in [4.69, 9.17) is 4.74 Å². The fourth-order valence-electron chi connectivity index (χ4n) is 1.45. The van der Waals surface area contributed by atoms with Crippen molar-refractivity contribution >= 4 is 11.5 Å². The Morgan fingerprint density at radius 3 is 2.89 bits per heavy atom. The van der Waals surface area contributed by atoms with E-state index in [1.54, 1.807) is 18.3 Å². The van der Waals surface area contributed by atoms with E-state index in [0.29, 0.717) is 18.1 Å². The van der Waals surface area contributed by atoms with E-state index >= 15 is 0 Å². The average Bonchev–Trinajstić information content (AvgIpc) is 2.40. The Balaban J connectivity index is 2.35. The van der Waals surface area contributed by atoms with E-state index in [2.05, 4.69) is 15.3 Å². The van der Waals surface area contributed by atoms with Crippen molar-refractivity contribution < 1.29 is 9.66 Å². The molecule has 0 aliphatic heterocycles. The molecule has 0 aliphatic carbocycles. The minimum atomic E-state index is -0.533. The fraction of sp³-hybridized carbons (Fsp3) is 0.167. The molecule has 0 aliphatic rings. The summed E-state index contributed by atoms with van der Waals surface area (Å²) in [5, 5.41) is 13.9. The summed E-state index contributed by atoms with van der Waals surface area (Å²) in [7, 11) is 0. The van der Waals surface area contributed by atoms with Crippen LogP contribution in [0.2, 0.25) is 0 Å². The SMILES string of the molecule is CCNc1ccc([N+](=O)[O-])c(Oc2cccnc2)n1. The number of hydrogen-bond acceptors (Lipinski definition) is 6. The van der Waals surface area contributed by atoms with Crippen LogP contribution in [0, 0.1) is 10.1 Å². The Kier molecular flexibility index (Phi) is 3.87. The first-order valence-electron chi connectivity index (χ1n) is 5.68. The van der Waals surface area contributed by atoms with Gasteiger partial charge in [0.25, 0.3) is 0 Å². The number of anilines is 1. The molecule has 0 radical (unpaired) electrons. The Labute approximate surface area is 109 Å². The Morgan fingerprint density at radius 2 is 2.26 bits per heavy atom. The molecule has 98 valence electrons. The van der Waals surface area contributed by atoms with Gasteiger partial charge in [-0.15, -0.1) is 0 Å². The molecule has 0 unspecified atom stereocenters. The van der Waals surface area contributed by atoms with E-state index in [1.807, 2.05) is 6.92 Å². The van der Waals surface area contributed by atoms with Crippen LogP contribution in [0.25, 0.3) is 0 Å². The molecule has 2 aromatic heterocycles. The van der Waals surface area contributed by atoms with Crippen molar-refractivity contribution in [1.29, 1.82) is 0 Å². The van der Waals surface area contributed by atoms with Crippen LogP contribution in [-0.4, -0.2) is 21.4 Å². The van der Waals surface area contributed by atoms with Crippen molar-refractivity contribution in [1.82, 2.24) is 9.97 Å². The van der Waals surface area contributed by atoms with Gasteiger partial charge in [-0.1, -0.05) is 0 Å². The summed E-state index contributed by atoms with van der Waals surface area (Å²) in [6.07, 6.45) is 3.05. The van der Waals surface area contributed by atoms with Gasteiger partial charge in [-0.25, -0.2) is 0 Å². The van der Waals surface area contributed by atoms with Gasteiger partial charge in [0.15, 0.2) is 0 Å². The standard InChI is InChI=1S/C12H12N4O3/c1-2-14-11-6-5-10(16(17)18)12(15-11)19-9-4-3-7-13-8-9/h3-8H,2H2,1H3,(H,14,15). The molecule has 1 N–H and O–H groups in total. The maximum Gasteiger partial charge on any atom is 0.331 e. The van der Waals surface area contributed by atoms with Gasteiger partial charge in [0.05, 0.1) is 11.1 Å². The normalized spacial score (nSPS) is 9.95. The number of rotatable bonds is 5. The first kappa shape index (κ1) is 12.7. The first-order valence-corrected chi connectivity index (χ1v) is 5.68. The van der Waals surface area contributed by atoms with Crippen LogP contribution in [-0.2, 0) is 0 Å². The van der Waals surface area contributed by atoms with Crippen LogP contribution < -0.4 is 10.1 Å². The molecule has 0 saturated heterocycles. The summed E-state index contributed by atoms with van der Waals surface area (Å²) in [5.74, 6) is 0.857. The molecule has 0 amide bonds. The highest BCUT2D eigenvalue weighted by atomic mass is 16.6. The molecule has 2 rings (SSSR count). The zero-order valence-electron chi connectivity index (χ0n) is 10.2. The predicted octanol–water partition coefficient (Wildman–Crippen LogP) is 2.61. The highest BCUT2D eigenvalue weighted by Crippen LogP contribution is 2.30. The predicted molar refractivity (Wildman–Crippen MR) is 69.4 cm³/mol. The Hall–Kier alpha value is -2.70. The second kappa shape index (κ2) is 5.76. The summed E-state index contributed by atoms with van der Waals surface area (Å²) in [6, 6.07) is 6.22. The number of pyridine rings is 2. The molecule has 0 saturated carbocycles. The van der Waals surface area contributed by atoms with Crippen LogP contribution in [0.4, 0.5) is 11.5 Å². The molecule has 2 aromatic rings. The van der Waals surface area contributed by atoms with Gasteiger partial charge >= 0.3 is 11.6 Å². The van der Waals surface area contributed by atoms with E-state index in [9.17, 15) is 10.1 Å². The minimum Gasteiger partial charge on any atom is -0.432 e. The van der Waals surface area contributed by atoms with E-state index in [1.165, 1.54) is 18.3 Å². The van der Waals surface area contributed by atoms with Crippen molar-refractivity contribution in [2.45, 2.75) is 6.92 Å². The third kappa shape index (κ3) is 3.15. The zero-order valence-corrected chi connectivity index (χ0v) is 10.2. The van der Waals surface area contributed by atoms with Crippen LogP contribution in [0.1, 0.15) is 6.92 Å². The lowest BCUT2D eigenvalue weighted by Crippen LogP contribution is -2.02. The maximum absolute atomic E-state index is 10.9. The van der Waals surface area contributed by atoms with Crippen LogP contribution in [0.5, 0.6) is 11.6 Å². The molecule has 0 bridgehead atoms. The maximum atomic E-state index is 10.9. The first-order chi connectivity index (χ1) is 9.20. The molecule has 0 fully saturated rings. The van der Waals surface area contributed by atoms with Gasteiger partial charge in [0.2, 0.25) is 0 Å². The Bertz CT molecular complexity index is 574. The van der Waals surface area contributed by atoms with Crippen molar-refractivity contribution in [3.63, 3.8) is 0 Å². The molecular weight excluding hydrogens is 248 g/mol. The number of ether oxygens (including phenoxy) is 1. The van der Waals surface area contributed by atoms with Crippen molar-refractivity contribution in [2.75, 3.05) is 11.9 Å². The smallest absolute Gasteiger partial charge is 0.331 e. The van der Waals surface area contributed by atoms with Crippen molar-refractivity contribution in [3.8, 4) is 11.6 Å². The average molecular weight is 260 g/mol. The topological polar surface area (TPSA) is 90.2 Å². The van der Waals surface area contributed by atoms with Gasteiger partial charge in [-0.2, -0.15) is 4.98 Å². The third-order valence-electron chi connectivity index (χ3n) is 2.24. The monoisotopic (exact) mass is 260 g/mol. The molecular formula is C12H12N4O3. The molecule has 0 aromatic carbocycles. The summed E-state index contributed by atoms with van der Waals surface area (Å²) < 4.78 is 5.40. The summed E-state index contributed by atoms with van der Waals surface area (Å²) in [5.41, 5.74) is -0.189. The lowest BCUT2D eigenvalue weighted by Gasteiger charge is -2.07. The summed E-state index contributed by atoms with van der Waals surface area (Å²) >= 11 is 0. The quantitative estimate of drug-likeness (QED) is 0.656. The molecule has 0 spiro atoms. The van der Waals surface area contributed by atoms with Crippen molar-refractivity contribution in [3.05, 3.63) is 46.8 Å². The fourth-order valence-corrected chi connectivity index (χ4v) is 1.45. The molecule has 7 nitrogen and oxygen atoms in total. The van der Waals surface area contributed by atoms with Gasteiger partial charge in [-0.3, -0.25) is 15.1 Å². The minimum absolute atomic E-state index is 0.0588. The van der Waals surface area contributed by atoms with E-state index in [0.717, 1.165) is 0 Å². The van der Waals surface area contributed by atoms with Gasteiger partial charge in [-0.05, 0) is 25.1 Å². The summed E-state index contributed by atoms with van der Waals surface area (Å²) in [4.78, 5) is 18.3. The number of nitrogens with zero attached hydrogens (tertiary/aromatic N) is 3. The number of nitro groups is 1. The van der Waals surface area contributed by atoms with Crippen LogP contribution in [0.15, 0.2) is 36.7 Å². The highest BCUT2D eigenvalue weighted by Gasteiger charge is 2.18. The molecule has 7 heteroatoms. The van der Waals surface area contributed by atoms with Crippen LogP contribution in [0.3, 0.4) is 0 Å². The van der Waals surface area contributed by atoms with Gasteiger partial charge < -0.3 is 10.1 Å². The zero-order chi connectivity index (χ0) is 13.7.